The van der Waals surface area contributed by atoms with E-state index >= 15 is 0 Å². The molecule has 16 heavy (non-hydrogen) atoms. The number of likely N-dealkylation sites (tertiary alicyclic amines) is 1. The summed E-state index contributed by atoms with van der Waals surface area (Å²) in [6, 6.07) is 7.52. The Balaban J connectivity index is 2.37. The standard InChI is InChI=1S/C12H16N2O2/c1-8-4-2-3-5-9(8)11-10(13)6-7-14(11)12(15)16/h2-5,10-11H,6-7,13H2,1H3,(H,15,16)/t10-,11+/m1/s1. The van der Waals surface area contributed by atoms with Gasteiger partial charge in [0.2, 0.25) is 0 Å². The molecule has 1 saturated heterocycles. The van der Waals surface area contributed by atoms with E-state index < -0.39 is 6.09 Å². The summed E-state index contributed by atoms with van der Waals surface area (Å²) in [6.07, 6.45) is -0.160. The Labute approximate surface area is 94.7 Å². The van der Waals surface area contributed by atoms with Crippen LogP contribution in [0.5, 0.6) is 0 Å². The lowest BCUT2D eigenvalue weighted by Crippen LogP contribution is -2.35. The average Bonchev–Trinajstić information content (AvgIpc) is 2.61. The molecule has 86 valence electrons. The van der Waals surface area contributed by atoms with Crippen molar-refractivity contribution < 1.29 is 9.90 Å². The van der Waals surface area contributed by atoms with Gasteiger partial charge in [0.15, 0.2) is 0 Å². The fraction of sp³-hybridized carbons (Fsp3) is 0.417. The van der Waals surface area contributed by atoms with Crippen LogP contribution in [-0.4, -0.2) is 28.7 Å². The maximum Gasteiger partial charge on any atom is 0.407 e. The van der Waals surface area contributed by atoms with Gasteiger partial charge in [0.25, 0.3) is 0 Å². The third-order valence-corrected chi connectivity index (χ3v) is 3.20. The Morgan fingerprint density at radius 2 is 2.19 bits per heavy atom. The Bertz CT molecular complexity index is 406. The van der Waals surface area contributed by atoms with Gasteiger partial charge in [-0.25, -0.2) is 4.79 Å². The molecule has 0 aliphatic carbocycles. The first-order chi connectivity index (χ1) is 7.61. The summed E-state index contributed by atoms with van der Waals surface area (Å²) in [6.45, 7) is 2.51. The van der Waals surface area contributed by atoms with Gasteiger partial charge in [-0.15, -0.1) is 0 Å². The number of rotatable bonds is 1. The first-order valence-corrected chi connectivity index (χ1v) is 5.42. The summed E-state index contributed by atoms with van der Waals surface area (Å²) in [5.74, 6) is 0. The molecule has 0 spiro atoms. The van der Waals surface area contributed by atoms with Crippen LogP contribution >= 0.6 is 0 Å². The number of nitrogens with two attached hydrogens (primary N) is 1. The largest absolute Gasteiger partial charge is 0.465 e. The Hall–Kier alpha value is -1.55. The van der Waals surface area contributed by atoms with Crippen molar-refractivity contribution in [3.8, 4) is 0 Å². The lowest BCUT2D eigenvalue weighted by Gasteiger charge is -2.25. The second-order valence-corrected chi connectivity index (χ2v) is 4.23. The third-order valence-electron chi connectivity index (χ3n) is 3.20. The summed E-state index contributed by atoms with van der Waals surface area (Å²) in [4.78, 5) is 12.6. The van der Waals surface area contributed by atoms with E-state index in [-0.39, 0.29) is 12.1 Å². The van der Waals surface area contributed by atoms with Crippen molar-refractivity contribution in [2.24, 2.45) is 5.73 Å². The molecule has 2 rings (SSSR count). The average molecular weight is 220 g/mol. The van der Waals surface area contributed by atoms with E-state index in [9.17, 15) is 4.79 Å². The highest BCUT2D eigenvalue weighted by Crippen LogP contribution is 2.32. The first kappa shape index (κ1) is 11.0. The topological polar surface area (TPSA) is 66.6 Å². The summed E-state index contributed by atoms with van der Waals surface area (Å²) < 4.78 is 0. The molecule has 0 aromatic heterocycles. The molecule has 0 unspecified atom stereocenters. The highest BCUT2D eigenvalue weighted by atomic mass is 16.4. The molecule has 1 amide bonds. The molecule has 1 aliphatic heterocycles. The van der Waals surface area contributed by atoms with Gasteiger partial charge in [0.1, 0.15) is 0 Å². The van der Waals surface area contributed by atoms with Crippen LogP contribution in [0.2, 0.25) is 0 Å². The minimum absolute atomic E-state index is 0.0998. The summed E-state index contributed by atoms with van der Waals surface area (Å²) in [5, 5.41) is 9.12. The van der Waals surface area contributed by atoms with Crippen molar-refractivity contribution in [1.82, 2.24) is 4.90 Å². The predicted molar refractivity (Wildman–Crippen MR) is 61.2 cm³/mol. The maximum atomic E-state index is 11.1. The number of amides is 1. The zero-order chi connectivity index (χ0) is 11.7. The van der Waals surface area contributed by atoms with Crippen LogP contribution in [0.4, 0.5) is 4.79 Å². The monoisotopic (exact) mass is 220 g/mol. The summed E-state index contributed by atoms with van der Waals surface area (Å²) >= 11 is 0. The maximum absolute atomic E-state index is 11.1. The molecule has 0 bridgehead atoms. The van der Waals surface area contributed by atoms with E-state index in [0.29, 0.717) is 6.54 Å². The van der Waals surface area contributed by atoms with Crippen LogP contribution in [0.25, 0.3) is 0 Å². The predicted octanol–water partition coefficient (Wildman–Crippen LogP) is 1.75. The van der Waals surface area contributed by atoms with Gasteiger partial charge in [-0.2, -0.15) is 0 Å². The molecular weight excluding hydrogens is 204 g/mol. The highest BCUT2D eigenvalue weighted by Gasteiger charge is 2.36. The van der Waals surface area contributed by atoms with Crippen molar-refractivity contribution in [1.29, 1.82) is 0 Å². The van der Waals surface area contributed by atoms with Gasteiger partial charge in [0.05, 0.1) is 6.04 Å². The molecule has 4 heteroatoms. The number of benzene rings is 1. The zero-order valence-corrected chi connectivity index (χ0v) is 9.26. The van der Waals surface area contributed by atoms with Crippen LogP contribution < -0.4 is 5.73 Å². The van der Waals surface area contributed by atoms with Gasteiger partial charge in [0, 0.05) is 12.6 Å². The molecule has 1 aromatic rings. The zero-order valence-electron chi connectivity index (χ0n) is 9.26. The number of nitrogens with zero attached hydrogens (tertiary/aromatic N) is 1. The molecule has 1 fully saturated rings. The molecule has 2 atom stereocenters. The number of hydrogen-bond acceptors (Lipinski definition) is 2. The van der Waals surface area contributed by atoms with E-state index in [1.807, 2.05) is 31.2 Å². The quantitative estimate of drug-likeness (QED) is 0.757. The minimum atomic E-state index is -0.888. The molecule has 1 aromatic carbocycles. The van der Waals surface area contributed by atoms with Crippen molar-refractivity contribution in [3.05, 3.63) is 35.4 Å². The van der Waals surface area contributed by atoms with Gasteiger partial charge in [-0.3, -0.25) is 4.90 Å². The van der Waals surface area contributed by atoms with Gasteiger partial charge in [-0.05, 0) is 24.5 Å². The minimum Gasteiger partial charge on any atom is -0.465 e. The third kappa shape index (κ3) is 1.76. The number of carbonyl (C=O) groups is 1. The summed E-state index contributed by atoms with van der Waals surface area (Å²) in [7, 11) is 0. The second kappa shape index (κ2) is 4.14. The molecule has 1 aliphatic rings. The van der Waals surface area contributed by atoms with Gasteiger partial charge < -0.3 is 10.8 Å². The first-order valence-electron chi connectivity index (χ1n) is 5.42. The van der Waals surface area contributed by atoms with E-state index in [4.69, 9.17) is 10.8 Å². The smallest absolute Gasteiger partial charge is 0.407 e. The molecular formula is C12H16N2O2. The molecule has 0 saturated carbocycles. The number of carboxylic acid groups (broad SMARTS) is 1. The SMILES string of the molecule is Cc1ccccc1[C@H]1[C@H](N)CCN1C(=O)O. The van der Waals surface area contributed by atoms with Crippen LogP contribution in [0.15, 0.2) is 24.3 Å². The van der Waals surface area contributed by atoms with Gasteiger partial charge in [-0.1, -0.05) is 24.3 Å². The Morgan fingerprint density at radius 3 is 2.81 bits per heavy atom. The fourth-order valence-corrected chi connectivity index (χ4v) is 2.35. The number of hydrogen-bond donors (Lipinski definition) is 2. The Morgan fingerprint density at radius 1 is 1.50 bits per heavy atom. The number of aryl methyl sites for hydroxylation is 1. The van der Waals surface area contributed by atoms with Crippen LogP contribution in [0.1, 0.15) is 23.6 Å². The van der Waals surface area contributed by atoms with Crippen LogP contribution in [0.3, 0.4) is 0 Å². The van der Waals surface area contributed by atoms with E-state index in [2.05, 4.69) is 0 Å². The molecule has 4 nitrogen and oxygen atoms in total. The lowest BCUT2D eigenvalue weighted by atomic mass is 9.97. The summed E-state index contributed by atoms with van der Waals surface area (Å²) in [5.41, 5.74) is 8.12. The van der Waals surface area contributed by atoms with Crippen molar-refractivity contribution in [2.75, 3.05) is 6.54 Å². The van der Waals surface area contributed by atoms with E-state index in [1.165, 1.54) is 4.90 Å². The fourth-order valence-electron chi connectivity index (χ4n) is 2.35. The molecule has 1 heterocycles. The highest BCUT2D eigenvalue weighted by molar-refractivity contribution is 5.66. The van der Waals surface area contributed by atoms with Crippen LogP contribution in [0, 0.1) is 6.92 Å². The van der Waals surface area contributed by atoms with Crippen molar-refractivity contribution in [2.45, 2.75) is 25.4 Å². The van der Waals surface area contributed by atoms with E-state index in [0.717, 1.165) is 17.5 Å². The van der Waals surface area contributed by atoms with Crippen molar-refractivity contribution in [3.63, 3.8) is 0 Å². The lowest BCUT2D eigenvalue weighted by molar-refractivity contribution is 0.138. The van der Waals surface area contributed by atoms with Crippen LogP contribution in [-0.2, 0) is 0 Å². The normalized spacial score (nSPS) is 24.8. The second-order valence-electron chi connectivity index (χ2n) is 4.23. The molecule has 3 N–H and O–H groups in total. The van der Waals surface area contributed by atoms with Gasteiger partial charge >= 0.3 is 6.09 Å². The Kier molecular flexibility index (Phi) is 2.83. The van der Waals surface area contributed by atoms with E-state index in [1.54, 1.807) is 0 Å². The molecule has 0 radical (unpaired) electrons. The van der Waals surface area contributed by atoms with Crippen molar-refractivity contribution >= 4 is 6.09 Å².